The van der Waals surface area contributed by atoms with Gasteiger partial charge in [0.15, 0.2) is 5.78 Å². The number of rotatable bonds is 5. The number of carbonyl (C=O) groups is 1. The highest BCUT2D eigenvalue weighted by Crippen LogP contribution is 2.17. The average molecular weight is 219 g/mol. The summed E-state index contributed by atoms with van der Waals surface area (Å²) in [5, 5.41) is 2.86. The van der Waals surface area contributed by atoms with E-state index in [0.717, 1.165) is 25.2 Å². The molecule has 0 aromatic heterocycles. The van der Waals surface area contributed by atoms with Gasteiger partial charge in [-0.1, -0.05) is 24.3 Å². The predicted molar refractivity (Wildman–Crippen MR) is 62.7 cm³/mol. The molecule has 2 rings (SSSR count). The average Bonchev–Trinajstić information content (AvgIpc) is 2.25. The van der Waals surface area contributed by atoms with Crippen LogP contribution in [0.3, 0.4) is 0 Å². The Kier molecular flexibility index (Phi) is 3.70. The van der Waals surface area contributed by atoms with Crippen LogP contribution in [0.5, 0.6) is 0 Å². The summed E-state index contributed by atoms with van der Waals surface area (Å²) in [5.41, 5.74) is 2.07. The third kappa shape index (κ3) is 2.68. The van der Waals surface area contributed by atoms with E-state index in [1.54, 1.807) is 7.05 Å². The maximum Gasteiger partial charge on any atom is 0.176 e. The highest BCUT2D eigenvalue weighted by atomic mass is 16.5. The molecule has 86 valence electrons. The number of likely N-dealkylation sites (N-methyl/N-ethyl adjacent to an activating group) is 1. The summed E-state index contributed by atoms with van der Waals surface area (Å²) in [5.74, 6) is 0.805. The molecule has 0 amide bonds. The van der Waals surface area contributed by atoms with Crippen LogP contribution in [0.1, 0.15) is 15.9 Å². The Labute approximate surface area is 95.8 Å². The lowest BCUT2D eigenvalue weighted by Gasteiger charge is -2.25. The van der Waals surface area contributed by atoms with Gasteiger partial charge in [0.2, 0.25) is 0 Å². The summed E-state index contributed by atoms with van der Waals surface area (Å²) in [6, 6.07) is 7.91. The number of benzene rings is 1. The smallest absolute Gasteiger partial charge is 0.176 e. The van der Waals surface area contributed by atoms with E-state index in [-0.39, 0.29) is 5.78 Å². The van der Waals surface area contributed by atoms with Crippen LogP contribution in [0.25, 0.3) is 0 Å². The molecule has 1 aliphatic rings. The summed E-state index contributed by atoms with van der Waals surface area (Å²) in [6.07, 6.45) is 1.06. The monoisotopic (exact) mass is 219 g/mol. The van der Waals surface area contributed by atoms with Crippen molar-refractivity contribution in [3.63, 3.8) is 0 Å². The van der Waals surface area contributed by atoms with Crippen molar-refractivity contribution in [2.45, 2.75) is 6.42 Å². The van der Waals surface area contributed by atoms with Gasteiger partial charge in [-0.2, -0.15) is 0 Å². The van der Waals surface area contributed by atoms with Gasteiger partial charge in [0.25, 0.3) is 0 Å². The molecule has 0 unspecified atom stereocenters. The van der Waals surface area contributed by atoms with Crippen molar-refractivity contribution in [3.8, 4) is 0 Å². The van der Waals surface area contributed by atoms with Crippen molar-refractivity contribution < 1.29 is 9.53 Å². The molecule has 1 aromatic carbocycles. The van der Waals surface area contributed by atoms with Gasteiger partial charge in [-0.3, -0.25) is 4.79 Å². The molecular formula is C13H17NO2. The minimum Gasteiger partial charge on any atom is -0.381 e. The first-order valence-electron chi connectivity index (χ1n) is 5.64. The molecule has 1 saturated heterocycles. The van der Waals surface area contributed by atoms with Crippen LogP contribution >= 0.6 is 0 Å². The Balaban J connectivity index is 1.95. The Bertz CT molecular complexity index is 355. The summed E-state index contributed by atoms with van der Waals surface area (Å²) >= 11 is 0. The first kappa shape index (κ1) is 11.3. The molecule has 1 aromatic rings. The SMILES string of the molecule is CNCC(=O)c1ccc(CC2COC2)cc1. The van der Waals surface area contributed by atoms with Gasteiger partial charge in [0.05, 0.1) is 19.8 Å². The fourth-order valence-electron chi connectivity index (χ4n) is 1.83. The Morgan fingerprint density at radius 2 is 2.06 bits per heavy atom. The zero-order valence-corrected chi connectivity index (χ0v) is 9.53. The Morgan fingerprint density at radius 3 is 2.56 bits per heavy atom. The standard InChI is InChI=1S/C13H17NO2/c1-14-7-13(15)12-4-2-10(3-5-12)6-11-8-16-9-11/h2-5,11,14H,6-9H2,1H3. The molecule has 1 aliphatic heterocycles. The third-order valence-corrected chi connectivity index (χ3v) is 2.84. The van der Waals surface area contributed by atoms with Crippen molar-refractivity contribution >= 4 is 5.78 Å². The zero-order chi connectivity index (χ0) is 11.4. The van der Waals surface area contributed by atoms with E-state index in [1.807, 2.05) is 24.3 Å². The molecule has 3 nitrogen and oxygen atoms in total. The summed E-state index contributed by atoms with van der Waals surface area (Å²) in [4.78, 5) is 11.6. The third-order valence-electron chi connectivity index (χ3n) is 2.84. The summed E-state index contributed by atoms with van der Waals surface area (Å²) in [7, 11) is 1.78. The van der Waals surface area contributed by atoms with Gasteiger partial charge in [0, 0.05) is 11.5 Å². The van der Waals surface area contributed by atoms with Crippen LogP contribution in [-0.4, -0.2) is 32.6 Å². The minimum absolute atomic E-state index is 0.140. The maximum atomic E-state index is 11.6. The first-order chi connectivity index (χ1) is 7.79. The van der Waals surface area contributed by atoms with Crippen LogP contribution in [0, 0.1) is 5.92 Å². The van der Waals surface area contributed by atoms with E-state index in [4.69, 9.17) is 4.74 Å². The largest absolute Gasteiger partial charge is 0.381 e. The molecular weight excluding hydrogens is 202 g/mol. The van der Waals surface area contributed by atoms with Gasteiger partial charge >= 0.3 is 0 Å². The highest BCUT2D eigenvalue weighted by molar-refractivity contribution is 5.97. The first-order valence-corrected chi connectivity index (χ1v) is 5.64. The lowest BCUT2D eigenvalue weighted by atomic mass is 9.97. The number of ether oxygens (including phenoxy) is 1. The fourth-order valence-corrected chi connectivity index (χ4v) is 1.83. The molecule has 1 N–H and O–H groups in total. The zero-order valence-electron chi connectivity index (χ0n) is 9.53. The van der Waals surface area contributed by atoms with Crippen molar-refractivity contribution in [1.82, 2.24) is 5.32 Å². The van der Waals surface area contributed by atoms with Crippen molar-refractivity contribution in [2.24, 2.45) is 5.92 Å². The molecule has 0 aliphatic carbocycles. The second-order valence-corrected chi connectivity index (χ2v) is 4.26. The molecule has 0 bridgehead atoms. The molecule has 16 heavy (non-hydrogen) atoms. The second kappa shape index (κ2) is 5.23. The van der Waals surface area contributed by atoms with Crippen molar-refractivity contribution in [2.75, 3.05) is 26.8 Å². The number of Topliss-reactive ketones (excluding diaryl/α,β-unsaturated/α-hetero) is 1. The van der Waals surface area contributed by atoms with Crippen LogP contribution < -0.4 is 5.32 Å². The number of hydrogen-bond donors (Lipinski definition) is 1. The highest BCUT2D eigenvalue weighted by Gasteiger charge is 2.18. The maximum absolute atomic E-state index is 11.6. The predicted octanol–water partition coefficient (Wildman–Crippen LogP) is 1.28. The van der Waals surface area contributed by atoms with E-state index < -0.39 is 0 Å². The molecule has 3 heteroatoms. The number of hydrogen-bond acceptors (Lipinski definition) is 3. The van der Waals surface area contributed by atoms with Gasteiger partial charge in [-0.15, -0.1) is 0 Å². The van der Waals surface area contributed by atoms with E-state index >= 15 is 0 Å². The van der Waals surface area contributed by atoms with Crippen LogP contribution in [-0.2, 0) is 11.2 Å². The quantitative estimate of drug-likeness (QED) is 0.758. The van der Waals surface area contributed by atoms with Crippen LogP contribution in [0.15, 0.2) is 24.3 Å². The lowest BCUT2D eigenvalue weighted by molar-refractivity contribution is -0.0312. The molecule has 0 radical (unpaired) electrons. The Morgan fingerprint density at radius 1 is 1.38 bits per heavy atom. The van der Waals surface area contributed by atoms with Crippen molar-refractivity contribution in [3.05, 3.63) is 35.4 Å². The Hall–Kier alpha value is -1.19. The van der Waals surface area contributed by atoms with E-state index in [9.17, 15) is 4.79 Å². The fraction of sp³-hybridized carbons (Fsp3) is 0.462. The molecule has 0 saturated carbocycles. The van der Waals surface area contributed by atoms with Crippen LogP contribution in [0.2, 0.25) is 0 Å². The van der Waals surface area contributed by atoms with Gasteiger partial charge in [-0.05, 0) is 19.0 Å². The van der Waals surface area contributed by atoms with E-state index in [2.05, 4.69) is 5.32 Å². The summed E-state index contributed by atoms with van der Waals surface area (Å²) < 4.78 is 5.14. The second-order valence-electron chi connectivity index (χ2n) is 4.26. The molecule has 0 atom stereocenters. The minimum atomic E-state index is 0.140. The molecule has 1 heterocycles. The van der Waals surface area contributed by atoms with Crippen LogP contribution in [0.4, 0.5) is 0 Å². The van der Waals surface area contributed by atoms with Gasteiger partial charge in [-0.25, -0.2) is 0 Å². The topological polar surface area (TPSA) is 38.3 Å². The van der Waals surface area contributed by atoms with E-state index in [1.165, 1.54) is 5.56 Å². The van der Waals surface area contributed by atoms with E-state index in [0.29, 0.717) is 12.5 Å². The number of nitrogens with one attached hydrogen (secondary N) is 1. The number of carbonyl (C=O) groups excluding carboxylic acids is 1. The van der Waals surface area contributed by atoms with Gasteiger partial charge in [0.1, 0.15) is 0 Å². The van der Waals surface area contributed by atoms with Gasteiger partial charge < -0.3 is 10.1 Å². The molecule has 0 spiro atoms. The van der Waals surface area contributed by atoms with Crippen molar-refractivity contribution in [1.29, 1.82) is 0 Å². The normalized spacial score (nSPS) is 15.8. The molecule has 1 fully saturated rings. The number of ketones is 1. The summed E-state index contributed by atoms with van der Waals surface area (Å²) in [6.45, 7) is 2.15. The lowest BCUT2D eigenvalue weighted by Crippen LogP contribution is -2.29.